The van der Waals surface area contributed by atoms with Crippen molar-refractivity contribution in [2.45, 2.75) is 122 Å². The van der Waals surface area contributed by atoms with E-state index in [1.54, 1.807) is 0 Å². The minimum Gasteiger partial charge on any atom is -0.0928 e. The van der Waals surface area contributed by atoms with E-state index in [-0.39, 0.29) is 16.2 Å². The van der Waals surface area contributed by atoms with Gasteiger partial charge in [-0.1, -0.05) is 124 Å². The van der Waals surface area contributed by atoms with Crippen LogP contribution >= 0.6 is 0 Å². The van der Waals surface area contributed by atoms with Crippen molar-refractivity contribution in [1.82, 2.24) is 0 Å². The van der Waals surface area contributed by atoms with Gasteiger partial charge in [-0.2, -0.15) is 0 Å². The molecule has 1 aromatic rings. The molecule has 158 valence electrons. The SMILES string of the molecule is [B]C([B])(C)C(C)(c1cccc(C(C)(C([B])(C)C)C(C)(C)C)c1C(C)(C)C)C([B])(C)C. The number of rotatable bonds is 5. The van der Waals surface area contributed by atoms with Crippen molar-refractivity contribution in [3.8, 4) is 0 Å². The summed E-state index contributed by atoms with van der Waals surface area (Å²) in [6.07, 6.45) is 0. The normalized spacial score (nSPS) is 18.6. The molecule has 0 bridgehead atoms. The van der Waals surface area contributed by atoms with Crippen molar-refractivity contribution in [1.29, 1.82) is 0 Å². The summed E-state index contributed by atoms with van der Waals surface area (Å²) in [4.78, 5) is 0. The van der Waals surface area contributed by atoms with Gasteiger partial charge in [0.25, 0.3) is 0 Å². The summed E-state index contributed by atoms with van der Waals surface area (Å²) in [6, 6.07) is 6.51. The predicted molar refractivity (Wildman–Crippen MR) is 139 cm³/mol. The first-order valence-electron chi connectivity index (χ1n) is 11.1. The molecule has 4 heteroatoms. The van der Waals surface area contributed by atoms with Gasteiger partial charge in [-0.15, -0.1) is 0 Å². The quantitative estimate of drug-likeness (QED) is 0.482. The maximum atomic E-state index is 6.90. The van der Waals surface area contributed by atoms with Crippen LogP contribution in [0.5, 0.6) is 0 Å². The Hall–Kier alpha value is -0.520. The lowest BCUT2D eigenvalue weighted by atomic mass is 9.32. The largest absolute Gasteiger partial charge is 0.0928 e. The third-order valence-corrected chi connectivity index (χ3v) is 8.05. The Balaban J connectivity index is 4.33. The highest BCUT2D eigenvalue weighted by Gasteiger charge is 2.53. The Morgan fingerprint density at radius 2 is 0.867 bits per heavy atom. The lowest BCUT2D eigenvalue weighted by Gasteiger charge is -2.58. The fourth-order valence-electron chi connectivity index (χ4n) is 5.24. The van der Waals surface area contributed by atoms with Crippen molar-refractivity contribution >= 4 is 31.4 Å². The van der Waals surface area contributed by atoms with Gasteiger partial charge < -0.3 is 0 Å². The molecule has 0 spiro atoms. The van der Waals surface area contributed by atoms with E-state index in [4.69, 9.17) is 31.4 Å². The van der Waals surface area contributed by atoms with Crippen molar-refractivity contribution in [3.05, 3.63) is 34.9 Å². The fourth-order valence-corrected chi connectivity index (χ4v) is 5.24. The first-order chi connectivity index (χ1) is 12.8. The minimum absolute atomic E-state index is 0.0900. The summed E-state index contributed by atoms with van der Waals surface area (Å²) in [6.45, 7) is 28.1. The molecule has 0 aliphatic heterocycles. The van der Waals surface area contributed by atoms with Gasteiger partial charge in [0.05, 0.1) is 31.4 Å². The van der Waals surface area contributed by atoms with Gasteiger partial charge in [-0.05, 0) is 38.4 Å². The number of benzene rings is 1. The van der Waals surface area contributed by atoms with Crippen LogP contribution < -0.4 is 0 Å². The summed E-state index contributed by atoms with van der Waals surface area (Å²) >= 11 is 0. The molecule has 0 aromatic heterocycles. The summed E-state index contributed by atoms with van der Waals surface area (Å²) in [5.74, 6) is 0. The van der Waals surface area contributed by atoms with Crippen molar-refractivity contribution < 1.29 is 0 Å². The monoisotopic (exact) mass is 398 g/mol. The second-order valence-electron chi connectivity index (χ2n) is 13.2. The average molecular weight is 398 g/mol. The van der Waals surface area contributed by atoms with Crippen LogP contribution in [0.1, 0.15) is 107 Å². The van der Waals surface area contributed by atoms with Gasteiger partial charge >= 0.3 is 0 Å². The zero-order valence-corrected chi connectivity index (χ0v) is 22.0. The summed E-state index contributed by atoms with van der Waals surface area (Å²) in [5.41, 5.74) is 2.33. The molecule has 0 saturated heterocycles. The van der Waals surface area contributed by atoms with Gasteiger partial charge in [0, 0.05) is 0 Å². The predicted octanol–water partition coefficient (Wildman–Crippen LogP) is 6.75. The van der Waals surface area contributed by atoms with Crippen molar-refractivity contribution in [2.75, 3.05) is 0 Å². The lowest BCUT2D eigenvalue weighted by Crippen LogP contribution is -2.50. The molecule has 0 amide bonds. The zero-order chi connectivity index (χ0) is 24.4. The maximum absolute atomic E-state index is 6.90. The molecular weight excluding hydrogens is 356 g/mol. The van der Waals surface area contributed by atoms with Crippen LogP contribution in [0.25, 0.3) is 0 Å². The second-order valence-corrected chi connectivity index (χ2v) is 13.2. The first kappa shape index (κ1) is 27.5. The first-order valence-corrected chi connectivity index (χ1v) is 11.1. The molecule has 0 fully saturated rings. The van der Waals surface area contributed by atoms with Crippen LogP contribution in [0.2, 0.25) is 15.8 Å². The molecule has 30 heavy (non-hydrogen) atoms. The Labute approximate surface area is 193 Å². The van der Waals surface area contributed by atoms with Crippen molar-refractivity contribution in [3.63, 3.8) is 0 Å². The molecule has 1 aromatic carbocycles. The Morgan fingerprint density at radius 3 is 1.10 bits per heavy atom. The molecule has 0 saturated carbocycles. The molecule has 2 unspecified atom stereocenters. The topological polar surface area (TPSA) is 0 Å². The smallest absolute Gasteiger partial charge is 0.0751 e. The van der Waals surface area contributed by atoms with Crippen molar-refractivity contribution in [2.24, 2.45) is 5.41 Å². The molecular formula is C26H42B4. The average Bonchev–Trinajstić information content (AvgIpc) is 2.47. The van der Waals surface area contributed by atoms with E-state index in [0.29, 0.717) is 0 Å². The van der Waals surface area contributed by atoms with E-state index in [2.05, 4.69) is 87.4 Å². The Morgan fingerprint density at radius 1 is 0.533 bits per heavy atom. The molecule has 2 atom stereocenters. The van der Waals surface area contributed by atoms with Gasteiger partial charge in [0.2, 0.25) is 0 Å². The van der Waals surface area contributed by atoms with Crippen LogP contribution in [0, 0.1) is 5.41 Å². The second kappa shape index (κ2) is 7.52. The molecule has 0 aliphatic carbocycles. The highest BCUT2D eigenvalue weighted by molar-refractivity contribution is 6.41. The van der Waals surface area contributed by atoms with Crippen LogP contribution in [-0.2, 0) is 16.2 Å². The van der Waals surface area contributed by atoms with E-state index in [9.17, 15) is 0 Å². The zero-order valence-electron chi connectivity index (χ0n) is 22.0. The van der Waals surface area contributed by atoms with E-state index in [1.165, 1.54) is 11.1 Å². The Kier molecular flexibility index (Phi) is 6.90. The highest BCUT2D eigenvalue weighted by atomic mass is 14.5. The van der Waals surface area contributed by atoms with Crippen LogP contribution in [0.4, 0.5) is 0 Å². The fraction of sp³-hybridized carbons (Fsp3) is 0.769. The van der Waals surface area contributed by atoms with Crippen LogP contribution in [0.3, 0.4) is 0 Å². The standard InChI is InChI=1S/C26H42B4/c1-20(2,3)19-17(24(11,21(4,5)6)22(7,8)27)15-14-16-18(19)25(12,23(9,10)28)26(13,29)30/h14-16H,1-13H3. The summed E-state index contributed by atoms with van der Waals surface area (Å²) in [7, 11) is 27.0. The van der Waals surface area contributed by atoms with Crippen LogP contribution in [-0.4, -0.2) is 31.4 Å². The number of hydrogen-bond acceptors (Lipinski definition) is 0. The minimum atomic E-state index is -1.03. The summed E-state index contributed by atoms with van der Waals surface area (Å²) < 4.78 is 0. The third kappa shape index (κ3) is 4.23. The lowest BCUT2D eigenvalue weighted by molar-refractivity contribution is 0.150. The number of hydrogen-bond donors (Lipinski definition) is 0. The van der Waals surface area contributed by atoms with E-state index < -0.39 is 21.3 Å². The molecule has 8 radical (unpaired) electrons. The molecule has 0 nitrogen and oxygen atoms in total. The highest BCUT2D eigenvalue weighted by Crippen LogP contribution is 2.62. The molecule has 0 N–H and O–H groups in total. The van der Waals surface area contributed by atoms with Gasteiger partial charge in [0.1, 0.15) is 0 Å². The third-order valence-electron chi connectivity index (χ3n) is 8.05. The molecule has 0 aliphatic rings. The molecule has 0 heterocycles. The van der Waals surface area contributed by atoms with E-state index in [0.717, 1.165) is 5.56 Å². The van der Waals surface area contributed by atoms with Gasteiger partial charge in [-0.25, -0.2) is 0 Å². The van der Waals surface area contributed by atoms with E-state index in [1.807, 2.05) is 20.8 Å². The van der Waals surface area contributed by atoms with E-state index >= 15 is 0 Å². The summed E-state index contributed by atoms with van der Waals surface area (Å²) in [5, 5.41) is -2.15. The van der Waals surface area contributed by atoms with Crippen LogP contribution in [0.15, 0.2) is 18.2 Å². The van der Waals surface area contributed by atoms with Gasteiger partial charge in [-0.3, -0.25) is 0 Å². The van der Waals surface area contributed by atoms with Gasteiger partial charge in [0.15, 0.2) is 0 Å². The maximum Gasteiger partial charge on any atom is 0.0751 e. The Bertz CT molecular complexity index is 672. The molecule has 1 rings (SSSR count).